The first-order chi connectivity index (χ1) is 10.1. The lowest BCUT2D eigenvalue weighted by Gasteiger charge is -2.15. The third-order valence-electron chi connectivity index (χ3n) is 3.26. The third-order valence-corrected chi connectivity index (χ3v) is 4.35. The van der Waals surface area contributed by atoms with E-state index in [4.69, 9.17) is 4.74 Å². The van der Waals surface area contributed by atoms with E-state index >= 15 is 0 Å². The topological polar surface area (TPSA) is 42.4 Å². The minimum Gasteiger partial charge on any atom is -0.491 e. The van der Waals surface area contributed by atoms with E-state index in [2.05, 4.69) is 18.0 Å². The van der Waals surface area contributed by atoms with Gasteiger partial charge in [-0.2, -0.15) is 0 Å². The van der Waals surface area contributed by atoms with Gasteiger partial charge in [-0.25, -0.2) is 4.98 Å². The first-order valence-corrected chi connectivity index (χ1v) is 7.97. The van der Waals surface area contributed by atoms with Crippen molar-refractivity contribution in [1.29, 1.82) is 0 Å². The molecule has 0 radical (unpaired) electrons. The molecule has 0 spiro atoms. The van der Waals surface area contributed by atoms with Gasteiger partial charge in [-0.05, 0) is 55.7 Å². The number of aliphatic hydroxyl groups is 1. The molecule has 1 aromatic carbocycles. The molecule has 112 valence electrons. The summed E-state index contributed by atoms with van der Waals surface area (Å²) in [6.45, 7) is 6.46. The lowest BCUT2D eigenvalue weighted by molar-refractivity contribution is 0.126. The summed E-state index contributed by atoms with van der Waals surface area (Å²) in [6, 6.07) is 9.91. The summed E-state index contributed by atoms with van der Waals surface area (Å²) >= 11 is 1.53. The Labute approximate surface area is 130 Å². The molecule has 0 aliphatic carbocycles. The molecule has 0 amide bonds. The molecule has 0 aliphatic rings. The summed E-state index contributed by atoms with van der Waals surface area (Å²) in [6.07, 6.45) is 1.24. The average Bonchev–Trinajstić information content (AvgIpc) is 2.48. The van der Waals surface area contributed by atoms with Crippen LogP contribution in [0, 0.1) is 20.8 Å². The smallest absolute Gasteiger partial charge is 0.122 e. The number of nitrogens with zero attached hydrogens (tertiary/aromatic N) is 1. The Balaban J connectivity index is 1.85. The molecule has 2 aromatic rings. The summed E-state index contributed by atoms with van der Waals surface area (Å²) in [4.78, 5) is 4.22. The maximum absolute atomic E-state index is 10.0. The van der Waals surface area contributed by atoms with Gasteiger partial charge >= 0.3 is 0 Å². The third kappa shape index (κ3) is 4.76. The maximum Gasteiger partial charge on any atom is 0.122 e. The fraction of sp³-hybridized carbons (Fsp3) is 0.353. The SMILES string of the molecule is Cc1cc(C)c(C)c(OCC(O)CSc2ccccn2)c1. The van der Waals surface area contributed by atoms with Crippen LogP contribution in [0.2, 0.25) is 0 Å². The molecule has 1 N–H and O–H groups in total. The minimum atomic E-state index is -0.516. The van der Waals surface area contributed by atoms with Crippen molar-refractivity contribution in [3.8, 4) is 5.75 Å². The van der Waals surface area contributed by atoms with Crippen LogP contribution < -0.4 is 4.74 Å². The van der Waals surface area contributed by atoms with Gasteiger partial charge in [-0.15, -0.1) is 11.8 Å². The molecule has 0 saturated carbocycles. The number of aryl methyl sites for hydroxylation is 2. The van der Waals surface area contributed by atoms with Crippen LogP contribution in [0.25, 0.3) is 0 Å². The van der Waals surface area contributed by atoms with Gasteiger partial charge in [0.15, 0.2) is 0 Å². The van der Waals surface area contributed by atoms with Gasteiger partial charge in [0.05, 0.1) is 11.1 Å². The minimum absolute atomic E-state index is 0.295. The normalized spacial score (nSPS) is 12.2. The number of pyridine rings is 1. The molecule has 1 unspecified atom stereocenters. The second-order valence-corrected chi connectivity index (χ2v) is 6.19. The lowest BCUT2D eigenvalue weighted by Crippen LogP contribution is -2.20. The van der Waals surface area contributed by atoms with E-state index in [0.29, 0.717) is 12.4 Å². The molecule has 0 fully saturated rings. The van der Waals surface area contributed by atoms with Crippen molar-refractivity contribution in [2.45, 2.75) is 31.9 Å². The zero-order valence-corrected chi connectivity index (χ0v) is 13.5. The Bertz CT molecular complexity index is 587. The van der Waals surface area contributed by atoms with Gasteiger partial charge in [0.2, 0.25) is 0 Å². The van der Waals surface area contributed by atoms with Crippen molar-refractivity contribution in [2.75, 3.05) is 12.4 Å². The average molecular weight is 303 g/mol. The van der Waals surface area contributed by atoms with Crippen molar-refractivity contribution < 1.29 is 9.84 Å². The summed E-state index contributed by atoms with van der Waals surface area (Å²) in [5, 5.41) is 10.9. The Kier molecular flexibility index (Phi) is 5.65. The van der Waals surface area contributed by atoms with E-state index in [1.165, 1.54) is 22.9 Å². The van der Waals surface area contributed by atoms with Crippen LogP contribution in [-0.4, -0.2) is 28.6 Å². The van der Waals surface area contributed by atoms with Gasteiger partial charge < -0.3 is 9.84 Å². The van der Waals surface area contributed by atoms with Gasteiger partial charge in [0.25, 0.3) is 0 Å². The zero-order chi connectivity index (χ0) is 15.2. The highest BCUT2D eigenvalue weighted by Gasteiger charge is 2.09. The summed E-state index contributed by atoms with van der Waals surface area (Å²) in [5.41, 5.74) is 3.51. The van der Waals surface area contributed by atoms with Crippen molar-refractivity contribution in [3.63, 3.8) is 0 Å². The van der Waals surface area contributed by atoms with Crippen LogP contribution in [0.15, 0.2) is 41.6 Å². The van der Waals surface area contributed by atoms with Crippen LogP contribution in [-0.2, 0) is 0 Å². The quantitative estimate of drug-likeness (QED) is 0.829. The zero-order valence-electron chi connectivity index (χ0n) is 12.7. The van der Waals surface area contributed by atoms with Crippen molar-refractivity contribution in [3.05, 3.63) is 53.2 Å². The highest BCUT2D eigenvalue weighted by atomic mass is 32.2. The predicted octanol–water partition coefficient (Wildman–Crippen LogP) is 3.54. The Morgan fingerprint density at radius 1 is 1.24 bits per heavy atom. The Morgan fingerprint density at radius 3 is 2.76 bits per heavy atom. The molecular weight excluding hydrogens is 282 g/mol. The summed E-state index contributed by atoms with van der Waals surface area (Å²) < 4.78 is 5.76. The van der Waals surface area contributed by atoms with Crippen LogP contribution >= 0.6 is 11.8 Å². The van der Waals surface area contributed by atoms with E-state index in [1.54, 1.807) is 6.20 Å². The van der Waals surface area contributed by atoms with E-state index in [-0.39, 0.29) is 0 Å². The highest BCUT2D eigenvalue weighted by molar-refractivity contribution is 7.99. The van der Waals surface area contributed by atoms with E-state index in [9.17, 15) is 5.11 Å². The van der Waals surface area contributed by atoms with Gasteiger partial charge in [0.1, 0.15) is 12.4 Å². The van der Waals surface area contributed by atoms with Crippen molar-refractivity contribution in [2.24, 2.45) is 0 Å². The number of hydrogen-bond donors (Lipinski definition) is 1. The molecule has 1 aromatic heterocycles. The summed E-state index contributed by atoms with van der Waals surface area (Å²) in [7, 11) is 0. The number of aliphatic hydroxyl groups excluding tert-OH is 1. The molecule has 21 heavy (non-hydrogen) atoms. The Hall–Kier alpha value is -1.52. The van der Waals surface area contributed by atoms with Gasteiger partial charge in [-0.1, -0.05) is 12.1 Å². The number of benzene rings is 1. The molecule has 1 heterocycles. The molecule has 2 rings (SSSR count). The van der Waals surface area contributed by atoms with E-state index < -0.39 is 6.10 Å². The van der Waals surface area contributed by atoms with Crippen molar-refractivity contribution >= 4 is 11.8 Å². The van der Waals surface area contributed by atoms with Gasteiger partial charge in [0, 0.05) is 11.9 Å². The number of ether oxygens (including phenoxy) is 1. The standard InChI is InChI=1S/C17H21NO2S/c1-12-8-13(2)14(3)16(9-12)20-10-15(19)11-21-17-6-4-5-7-18-17/h4-9,15,19H,10-11H2,1-3H3. The van der Waals surface area contributed by atoms with E-state index in [0.717, 1.165) is 16.3 Å². The largest absolute Gasteiger partial charge is 0.491 e. The molecule has 0 saturated heterocycles. The number of rotatable bonds is 6. The fourth-order valence-electron chi connectivity index (χ4n) is 2.00. The molecule has 1 atom stereocenters. The maximum atomic E-state index is 10.0. The second kappa shape index (κ2) is 7.48. The number of hydrogen-bond acceptors (Lipinski definition) is 4. The number of aromatic nitrogens is 1. The van der Waals surface area contributed by atoms with E-state index in [1.807, 2.05) is 38.1 Å². The first-order valence-electron chi connectivity index (χ1n) is 6.99. The highest BCUT2D eigenvalue weighted by Crippen LogP contribution is 2.24. The molecule has 0 bridgehead atoms. The fourth-order valence-corrected chi connectivity index (χ4v) is 2.77. The van der Waals surface area contributed by atoms with Crippen LogP contribution in [0.5, 0.6) is 5.75 Å². The first kappa shape index (κ1) is 15.9. The monoisotopic (exact) mass is 303 g/mol. The lowest BCUT2D eigenvalue weighted by atomic mass is 10.1. The van der Waals surface area contributed by atoms with Crippen LogP contribution in [0.4, 0.5) is 0 Å². The molecule has 3 nitrogen and oxygen atoms in total. The molecular formula is C17H21NO2S. The van der Waals surface area contributed by atoms with Crippen LogP contribution in [0.3, 0.4) is 0 Å². The van der Waals surface area contributed by atoms with Gasteiger partial charge in [-0.3, -0.25) is 0 Å². The Morgan fingerprint density at radius 2 is 2.05 bits per heavy atom. The second-order valence-electron chi connectivity index (χ2n) is 5.15. The molecule has 0 aliphatic heterocycles. The van der Waals surface area contributed by atoms with Crippen LogP contribution in [0.1, 0.15) is 16.7 Å². The molecule has 4 heteroatoms. The number of thioether (sulfide) groups is 1. The summed E-state index contributed by atoms with van der Waals surface area (Å²) in [5.74, 6) is 1.43. The predicted molar refractivity (Wildman–Crippen MR) is 87.1 cm³/mol. The van der Waals surface area contributed by atoms with Crippen molar-refractivity contribution in [1.82, 2.24) is 4.98 Å².